The number of ether oxygens (including phenoxy) is 1. The van der Waals surface area contributed by atoms with Gasteiger partial charge >= 0.3 is 12.1 Å². The summed E-state index contributed by atoms with van der Waals surface area (Å²) >= 11 is 0. The fourth-order valence-corrected chi connectivity index (χ4v) is 4.91. The molecule has 198 valence electrons. The van der Waals surface area contributed by atoms with E-state index in [-0.39, 0.29) is 18.7 Å². The summed E-state index contributed by atoms with van der Waals surface area (Å²) in [6, 6.07) is 12.2. The van der Waals surface area contributed by atoms with Gasteiger partial charge < -0.3 is 20.4 Å². The van der Waals surface area contributed by atoms with E-state index in [4.69, 9.17) is 4.74 Å². The molecule has 8 nitrogen and oxygen atoms in total. The molecule has 1 fully saturated rings. The monoisotopic (exact) mass is 526 g/mol. The number of benzene rings is 1. The third kappa shape index (κ3) is 5.13. The van der Waals surface area contributed by atoms with Gasteiger partial charge in [-0.25, -0.2) is 4.79 Å². The molecule has 3 heterocycles. The molecule has 5 rings (SSSR count). The number of halogens is 3. The number of nitrogens with zero attached hydrogens (tertiary/aromatic N) is 1. The number of anilines is 1. The SMILES string of the molecule is O=C1NCCc2[nH]c(-c3ccnc(-c4ccc(NC(=O)C5(OC(=O)C(F)(F)F)CCCCC5)cc4)c3)cc21. The number of carbonyl (C=O) groups is 3. The minimum atomic E-state index is -5.18. The van der Waals surface area contributed by atoms with Crippen molar-refractivity contribution in [3.63, 3.8) is 0 Å². The Bertz CT molecular complexity index is 1380. The zero-order chi connectivity index (χ0) is 26.9. The fourth-order valence-electron chi connectivity index (χ4n) is 4.91. The minimum absolute atomic E-state index is 0.0271. The molecule has 3 N–H and O–H groups in total. The van der Waals surface area contributed by atoms with Crippen LogP contribution in [0.1, 0.15) is 48.2 Å². The van der Waals surface area contributed by atoms with Gasteiger partial charge in [0.2, 0.25) is 0 Å². The number of hydrogen-bond acceptors (Lipinski definition) is 5. The molecule has 2 amide bonds. The second-order valence-electron chi connectivity index (χ2n) is 9.48. The van der Waals surface area contributed by atoms with Crippen LogP contribution in [0.2, 0.25) is 0 Å². The summed E-state index contributed by atoms with van der Waals surface area (Å²) in [6.45, 7) is 0.585. The average Bonchev–Trinajstić information content (AvgIpc) is 3.35. The van der Waals surface area contributed by atoms with E-state index < -0.39 is 23.7 Å². The largest absolute Gasteiger partial charge is 0.490 e. The summed E-state index contributed by atoms with van der Waals surface area (Å²) in [6.07, 6.45) is -1.04. The van der Waals surface area contributed by atoms with Crippen LogP contribution in [0.15, 0.2) is 48.7 Å². The molecule has 11 heteroatoms. The summed E-state index contributed by atoms with van der Waals surface area (Å²) < 4.78 is 43.3. The number of aromatic amines is 1. The lowest BCUT2D eigenvalue weighted by molar-refractivity contribution is -0.216. The number of fused-ring (bicyclic) bond motifs is 1. The number of esters is 1. The van der Waals surface area contributed by atoms with Crippen molar-refractivity contribution in [1.29, 1.82) is 0 Å². The molecular formula is C27H25F3N4O4. The van der Waals surface area contributed by atoms with Gasteiger partial charge in [0.15, 0.2) is 5.60 Å². The molecular weight excluding hydrogens is 501 g/mol. The quantitative estimate of drug-likeness (QED) is 0.415. The summed E-state index contributed by atoms with van der Waals surface area (Å²) in [7, 11) is 0. The second kappa shape index (κ2) is 9.96. The van der Waals surface area contributed by atoms with Crippen LogP contribution in [0, 0.1) is 0 Å². The molecule has 3 aromatic rings. The number of amides is 2. The van der Waals surface area contributed by atoms with Crippen LogP contribution in [-0.2, 0) is 20.7 Å². The fraction of sp³-hybridized carbons (Fsp3) is 0.333. The predicted octanol–water partition coefficient (Wildman–Crippen LogP) is 4.78. The maximum Gasteiger partial charge on any atom is 0.490 e. The van der Waals surface area contributed by atoms with Gasteiger partial charge in [-0.1, -0.05) is 18.6 Å². The van der Waals surface area contributed by atoms with Crippen LogP contribution >= 0.6 is 0 Å². The van der Waals surface area contributed by atoms with E-state index in [0.29, 0.717) is 36.3 Å². The van der Waals surface area contributed by atoms with E-state index in [1.165, 1.54) is 0 Å². The van der Waals surface area contributed by atoms with Crippen LogP contribution in [0.25, 0.3) is 22.5 Å². The van der Waals surface area contributed by atoms with E-state index in [0.717, 1.165) is 35.4 Å². The molecule has 2 aliphatic rings. The number of rotatable bonds is 5. The molecule has 0 atom stereocenters. The van der Waals surface area contributed by atoms with Crippen LogP contribution in [0.5, 0.6) is 0 Å². The number of carbonyl (C=O) groups excluding carboxylic acids is 3. The molecule has 1 aromatic carbocycles. The first-order valence-corrected chi connectivity index (χ1v) is 12.3. The van der Waals surface area contributed by atoms with Crippen LogP contribution in [0.3, 0.4) is 0 Å². The molecule has 38 heavy (non-hydrogen) atoms. The maximum absolute atomic E-state index is 13.0. The smallest absolute Gasteiger partial charge is 0.442 e. The highest BCUT2D eigenvalue weighted by atomic mass is 19.4. The Morgan fingerprint density at radius 1 is 1.00 bits per heavy atom. The van der Waals surface area contributed by atoms with Crippen molar-refractivity contribution in [3.8, 4) is 22.5 Å². The number of H-pyrrole nitrogens is 1. The number of pyridine rings is 1. The molecule has 0 radical (unpaired) electrons. The van der Waals surface area contributed by atoms with Crippen molar-refractivity contribution in [2.24, 2.45) is 0 Å². The standard InChI is InChI=1S/C27H25F3N4O4/c28-27(29,30)25(37)38-26(10-2-1-3-11-26)24(36)33-18-6-4-16(5-7-18)21-14-17(8-12-31-21)22-15-19-20(34-22)9-13-32-23(19)35/h4-8,12,14-15,34H,1-3,9-11,13H2,(H,32,35)(H,33,36). The van der Waals surface area contributed by atoms with Crippen molar-refractivity contribution in [1.82, 2.24) is 15.3 Å². The molecule has 1 aliphatic carbocycles. The molecule has 0 unspecified atom stereocenters. The molecule has 0 bridgehead atoms. The molecule has 1 aliphatic heterocycles. The predicted molar refractivity (Wildman–Crippen MR) is 132 cm³/mol. The Balaban J connectivity index is 1.32. The number of aromatic nitrogens is 2. The summed E-state index contributed by atoms with van der Waals surface area (Å²) in [5, 5.41) is 5.43. The van der Waals surface area contributed by atoms with E-state index in [1.54, 1.807) is 30.5 Å². The lowest BCUT2D eigenvalue weighted by atomic mass is 9.83. The van der Waals surface area contributed by atoms with E-state index in [1.807, 2.05) is 18.2 Å². The maximum atomic E-state index is 13.0. The first-order chi connectivity index (χ1) is 18.1. The topological polar surface area (TPSA) is 113 Å². The lowest BCUT2D eigenvalue weighted by Gasteiger charge is -2.35. The molecule has 0 saturated heterocycles. The number of hydrogen-bond donors (Lipinski definition) is 3. The van der Waals surface area contributed by atoms with Crippen molar-refractivity contribution in [3.05, 3.63) is 59.9 Å². The van der Waals surface area contributed by atoms with Gasteiger partial charge in [0, 0.05) is 47.4 Å². The van der Waals surface area contributed by atoms with Gasteiger partial charge in [0.1, 0.15) is 0 Å². The summed E-state index contributed by atoms with van der Waals surface area (Å²) in [5.74, 6) is -3.24. The molecule has 0 spiro atoms. The second-order valence-corrected chi connectivity index (χ2v) is 9.48. The van der Waals surface area contributed by atoms with Crippen LogP contribution in [0.4, 0.5) is 18.9 Å². The number of alkyl halides is 3. The van der Waals surface area contributed by atoms with Gasteiger partial charge in [0.05, 0.1) is 11.3 Å². The Labute approximate surface area is 216 Å². The van der Waals surface area contributed by atoms with Crippen molar-refractivity contribution < 1.29 is 32.3 Å². The van der Waals surface area contributed by atoms with Gasteiger partial charge in [-0.15, -0.1) is 0 Å². The Morgan fingerprint density at radius 3 is 2.42 bits per heavy atom. The van der Waals surface area contributed by atoms with Crippen molar-refractivity contribution in [2.45, 2.75) is 50.3 Å². The Hall–Kier alpha value is -4.15. The van der Waals surface area contributed by atoms with Crippen molar-refractivity contribution in [2.75, 3.05) is 11.9 Å². The van der Waals surface area contributed by atoms with E-state index in [9.17, 15) is 27.6 Å². The molecule has 1 saturated carbocycles. The summed E-state index contributed by atoms with van der Waals surface area (Å²) in [5.41, 5.74) is 3.05. The first kappa shape index (κ1) is 25.5. The molecule has 2 aromatic heterocycles. The minimum Gasteiger partial charge on any atom is -0.442 e. The highest BCUT2D eigenvalue weighted by Crippen LogP contribution is 2.35. The number of nitrogens with one attached hydrogen (secondary N) is 3. The highest BCUT2D eigenvalue weighted by Gasteiger charge is 2.50. The van der Waals surface area contributed by atoms with Gasteiger partial charge in [-0.2, -0.15) is 13.2 Å². The zero-order valence-electron chi connectivity index (χ0n) is 20.3. The first-order valence-electron chi connectivity index (χ1n) is 12.3. The summed E-state index contributed by atoms with van der Waals surface area (Å²) in [4.78, 5) is 44.4. The third-order valence-electron chi connectivity index (χ3n) is 6.91. The zero-order valence-corrected chi connectivity index (χ0v) is 20.3. The Morgan fingerprint density at radius 2 is 1.74 bits per heavy atom. The Kier molecular flexibility index (Phi) is 6.68. The van der Waals surface area contributed by atoms with E-state index >= 15 is 0 Å². The third-order valence-corrected chi connectivity index (χ3v) is 6.91. The van der Waals surface area contributed by atoms with Gasteiger partial charge in [0.25, 0.3) is 11.8 Å². The average molecular weight is 527 g/mol. The normalized spacial score (nSPS) is 16.8. The van der Waals surface area contributed by atoms with Gasteiger partial charge in [-0.05, 0) is 56.0 Å². The lowest BCUT2D eigenvalue weighted by Crippen LogP contribution is -2.50. The highest BCUT2D eigenvalue weighted by molar-refractivity contribution is 5.99. The van der Waals surface area contributed by atoms with Gasteiger partial charge in [-0.3, -0.25) is 14.6 Å². The van der Waals surface area contributed by atoms with Crippen LogP contribution < -0.4 is 10.6 Å². The van der Waals surface area contributed by atoms with Crippen molar-refractivity contribution >= 4 is 23.5 Å². The van der Waals surface area contributed by atoms with Crippen LogP contribution in [-0.4, -0.2) is 46.1 Å². The van der Waals surface area contributed by atoms with E-state index in [2.05, 4.69) is 20.6 Å².